The van der Waals surface area contributed by atoms with Gasteiger partial charge < -0.3 is 20.1 Å². The lowest BCUT2D eigenvalue weighted by atomic mass is 10.0. The van der Waals surface area contributed by atoms with Crippen molar-refractivity contribution in [2.45, 2.75) is 45.2 Å². The lowest BCUT2D eigenvalue weighted by Gasteiger charge is -2.34. The number of urea groups is 1. The molecule has 1 fully saturated rings. The van der Waals surface area contributed by atoms with Gasteiger partial charge in [0.2, 0.25) is 0 Å². The number of carbonyl (C=O) groups excluding carboxylic acids is 1. The van der Waals surface area contributed by atoms with Gasteiger partial charge in [-0.2, -0.15) is 0 Å². The molecule has 2 amide bonds. The Balaban J connectivity index is 1.99. The third-order valence-electron chi connectivity index (χ3n) is 4.01. The maximum absolute atomic E-state index is 12.4. The Morgan fingerprint density at radius 2 is 2.30 bits per heavy atom. The summed E-state index contributed by atoms with van der Waals surface area (Å²) in [6.45, 7) is 3.72. The van der Waals surface area contributed by atoms with E-state index in [1.807, 2.05) is 19.1 Å². The number of hydrogen-bond donors (Lipinski definition) is 2. The molecule has 1 aromatic carbocycles. The zero-order chi connectivity index (χ0) is 16.7. The Morgan fingerprint density at radius 1 is 1.48 bits per heavy atom. The minimum absolute atomic E-state index is 0.00937. The van der Waals surface area contributed by atoms with Crippen LogP contribution in [0.4, 0.5) is 4.79 Å². The maximum atomic E-state index is 12.4. The Morgan fingerprint density at radius 3 is 3.04 bits per heavy atom. The molecule has 1 saturated heterocycles. The quantitative estimate of drug-likeness (QED) is 0.836. The molecule has 0 unspecified atom stereocenters. The van der Waals surface area contributed by atoms with E-state index in [1.165, 1.54) is 0 Å². The second-order valence-electron chi connectivity index (χ2n) is 5.78. The second-order valence-corrected chi connectivity index (χ2v) is 6.22. The number of ether oxygens (including phenoxy) is 1. The Labute approximate surface area is 142 Å². The minimum Gasteiger partial charge on any atom is -0.493 e. The number of benzene rings is 1. The molecule has 6 heteroatoms. The van der Waals surface area contributed by atoms with Crippen LogP contribution >= 0.6 is 11.6 Å². The maximum Gasteiger partial charge on any atom is 0.317 e. The molecule has 0 saturated carbocycles. The van der Waals surface area contributed by atoms with E-state index >= 15 is 0 Å². The van der Waals surface area contributed by atoms with E-state index in [0.29, 0.717) is 24.7 Å². The summed E-state index contributed by atoms with van der Waals surface area (Å²) in [5.41, 5.74) is 0.858. The first-order valence-corrected chi connectivity index (χ1v) is 8.60. The third-order valence-corrected chi connectivity index (χ3v) is 4.25. The summed E-state index contributed by atoms with van der Waals surface area (Å²) in [5.74, 6) is 0.744. The summed E-state index contributed by atoms with van der Waals surface area (Å²) in [6, 6.07) is 5.19. The molecule has 128 valence electrons. The number of amides is 2. The van der Waals surface area contributed by atoms with Crippen molar-refractivity contribution >= 4 is 17.6 Å². The molecule has 2 N–H and O–H groups in total. The lowest BCUT2D eigenvalue weighted by molar-refractivity contribution is 0.108. The van der Waals surface area contributed by atoms with Crippen LogP contribution in [0, 0.1) is 0 Å². The number of carbonyl (C=O) groups is 1. The van der Waals surface area contributed by atoms with E-state index < -0.39 is 0 Å². The van der Waals surface area contributed by atoms with Gasteiger partial charge in [0.1, 0.15) is 5.75 Å². The first kappa shape index (κ1) is 17.9. The number of aliphatic hydroxyl groups is 1. The fourth-order valence-electron chi connectivity index (χ4n) is 2.77. The number of nitrogens with one attached hydrogen (secondary N) is 1. The molecule has 1 aliphatic heterocycles. The van der Waals surface area contributed by atoms with Crippen molar-refractivity contribution in [2.24, 2.45) is 0 Å². The standard InChI is InChI=1S/C17H25ClN2O3/c1-2-9-23-16-7-6-14(18)10-13(16)11-19-17(22)20-8-4-3-5-15(20)12-21/h6-7,10,15,21H,2-5,8-9,11-12H2,1H3,(H,19,22)/t15-/m0/s1. The average molecular weight is 341 g/mol. The van der Waals surface area contributed by atoms with E-state index in [0.717, 1.165) is 37.0 Å². The monoisotopic (exact) mass is 340 g/mol. The van der Waals surface area contributed by atoms with E-state index in [2.05, 4.69) is 5.32 Å². The van der Waals surface area contributed by atoms with E-state index in [4.69, 9.17) is 16.3 Å². The van der Waals surface area contributed by atoms with Gasteiger partial charge in [-0.25, -0.2) is 4.79 Å². The van der Waals surface area contributed by atoms with Gasteiger partial charge in [-0.1, -0.05) is 18.5 Å². The van der Waals surface area contributed by atoms with Crippen molar-refractivity contribution in [1.82, 2.24) is 10.2 Å². The van der Waals surface area contributed by atoms with Gasteiger partial charge in [-0.3, -0.25) is 0 Å². The summed E-state index contributed by atoms with van der Waals surface area (Å²) in [5, 5.41) is 12.9. The van der Waals surface area contributed by atoms with Crippen molar-refractivity contribution in [1.29, 1.82) is 0 Å². The van der Waals surface area contributed by atoms with E-state index in [-0.39, 0.29) is 18.7 Å². The van der Waals surface area contributed by atoms with Gasteiger partial charge in [0, 0.05) is 23.7 Å². The van der Waals surface area contributed by atoms with Gasteiger partial charge in [0.05, 0.1) is 19.3 Å². The predicted octanol–water partition coefficient (Wildman–Crippen LogP) is 3.19. The number of hydrogen-bond acceptors (Lipinski definition) is 3. The molecule has 0 aliphatic carbocycles. The van der Waals surface area contributed by atoms with Crippen molar-refractivity contribution in [2.75, 3.05) is 19.8 Å². The summed E-state index contributed by atoms with van der Waals surface area (Å²) >= 11 is 6.05. The van der Waals surface area contributed by atoms with Gasteiger partial charge in [0.15, 0.2) is 0 Å². The highest BCUT2D eigenvalue weighted by Gasteiger charge is 2.25. The Kier molecular flexibility index (Phi) is 6.99. The Hall–Kier alpha value is -1.46. The summed E-state index contributed by atoms with van der Waals surface area (Å²) in [4.78, 5) is 14.1. The first-order valence-electron chi connectivity index (χ1n) is 8.22. The summed E-state index contributed by atoms with van der Waals surface area (Å²) in [7, 11) is 0. The fourth-order valence-corrected chi connectivity index (χ4v) is 2.96. The number of likely N-dealkylation sites (tertiary alicyclic amines) is 1. The molecule has 0 spiro atoms. The molecule has 0 aromatic heterocycles. The van der Waals surface area contributed by atoms with Gasteiger partial charge in [-0.05, 0) is 43.9 Å². The Bertz CT molecular complexity index is 525. The molecule has 2 rings (SSSR count). The highest BCUT2D eigenvalue weighted by Crippen LogP contribution is 2.23. The van der Waals surface area contributed by atoms with Crippen molar-refractivity contribution in [3.63, 3.8) is 0 Å². The highest BCUT2D eigenvalue weighted by atomic mass is 35.5. The molecular weight excluding hydrogens is 316 g/mol. The third kappa shape index (κ3) is 5.01. The number of rotatable bonds is 6. The number of nitrogens with zero attached hydrogens (tertiary/aromatic N) is 1. The van der Waals surface area contributed by atoms with Gasteiger partial charge in [0.25, 0.3) is 0 Å². The fraction of sp³-hybridized carbons (Fsp3) is 0.588. The SMILES string of the molecule is CCCOc1ccc(Cl)cc1CNC(=O)N1CCCC[C@H]1CO. The van der Waals surface area contributed by atoms with Gasteiger partial charge >= 0.3 is 6.03 Å². The summed E-state index contributed by atoms with van der Waals surface area (Å²) in [6.07, 6.45) is 3.80. The van der Waals surface area contributed by atoms with Crippen LogP contribution in [0.25, 0.3) is 0 Å². The largest absolute Gasteiger partial charge is 0.493 e. The summed E-state index contributed by atoms with van der Waals surface area (Å²) < 4.78 is 5.70. The van der Waals surface area contributed by atoms with Crippen molar-refractivity contribution < 1.29 is 14.6 Å². The van der Waals surface area contributed by atoms with Gasteiger partial charge in [-0.15, -0.1) is 0 Å². The molecule has 23 heavy (non-hydrogen) atoms. The molecule has 1 aromatic rings. The van der Waals surface area contributed by atoms with E-state index in [9.17, 15) is 9.90 Å². The zero-order valence-corrected chi connectivity index (χ0v) is 14.3. The average Bonchev–Trinajstić information content (AvgIpc) is 2.58. The van der Waals surface area contributed by atoms with Crippen LogP contribution in [0.1, 0.15) is 38.2 Å². The van der Waals surface area contributed by atoms with E-state index in [1.54, 1.807) is 11.0 Å². The molecule has 1 atom stereocenters. The van der Waals surface area contributed by atoms with Crippen molar-refractivity contribution in [3.05, 3.63) is 28.8 Å². The molecule has 0 radical (unpaired) electrons. The number of halogens is 1. The molecule has 1 aliphatic rings. The van der Waals surface area contributed by atoms with Crippen LogP contribution in [0.2, 0.25) is 5.02 Å². The normalized spacial score (nSPS) is 17.9. The van der Waals surface area contributed by atoms with Crippen LogP contribution in [-0.2, 0) is 6.54 Å². The van der Waals surface area contributed by atoms with Crippen LogP contribution in [0.15, 0.2) is 18.2 Å². The van der Waals surface area contributed by atoms with Crippen LogP contribution in [-0.4, -0.2) is 41.8 Å². The predicted molar refractivity (Wildman–Crippen MR) is 90.9 cm³/mol. The molecule has 1 heterocycles. The minimum atomic E-state index is -0.148. The number of aliphatic hydroxyl groups excluding tert-OH is 1. The second kappa shape index (κ2) is 8.99. The molecule has 0 bridgehead atoms. The molecular formula is C17H25ClN2O3. The van der Waals surface area contributed by atoms with Crippen LogP contribution in [0.5, 0.6) is 5.75 Å². The number of piperidine rings is 1. The zero-order valence-electron chi connectivity index (χ0n) is 13.6. The molecule has 5 nitrogen and oxygen atoms in total. The first-order chi connectivity index (χ1) is 11.2. The highest BCUT2D eigenvalue weighted by molar-refractivity contribution is 6.30. The van der Waals surface area contributed by atoms with Crippen LogP contribution in [0.3, 0.4) is 0 Å². The van der Waals surface area contributed by atoms with Crippen LogP contribution < -0.4 is 10.1 Å². The van der Waals surface area contributed by atoms with Crippen molar-refractivity contribution in [3.8, 4) is 5.75 Å². The topological polar surface area (TPSA) is 61.8 Å². The smallest absolute Gasteiger partial charge is 0.317 e. The lowest BCUT2D eigenvalue weighted by Crippen LogP contribution is -2.49.